The summed E-state index contributed by atoms with van der Waals surface area (Å²) < 4.78 is 32.7. The normalized spacial score (nSPS) is 18.3. The van der Waals surface area contributed by atoms with Gasteiger partial charge in [-0.3, -0.25) is 4.79 Å². The Kier molecular flexibility index (Phi) is 6.76. The molecular formula is C28H33F2N3O2. The number of carbonyl (C=O) groups excluding carboxylic acids is 1. The molecule has 0 aliphatic heterocycles. The molecule has 186 valence electrons. The average Bonchev–Trinajstić information content (AvgIpc) is 3.26. The van der Waals surface area contributed by atoms with Gasteiger partial charge in [-0.1, -0.05) is 62.8 Å². The zero-order valence-electron chi connectivity index (χ0n) is 20.0. The molecule has 2 N–H and O–H groups in total. The number of para-hydroxylation sites is 2. The number of fused-ring (bicyclic) bond motifs is 1. The number of amides is 1. The minimum absolute atomic E-state index is 0.0658. The van der Waals surface area contributed by atoms with E-state index < -0.39 is 12.2 Å². The molecule has 2 aromatic carbocycles. The summed E-state index contributed by atoms with van der Waals surface area (Å²) in [5, 5.41) is 0. The number of nitrogens with zero attached hydrogens (tertiary/aromatic N) is 2. The van der Waals surface area contributed by atoms with Crippen molar-refractivity contribution in [2.45, 2.75) is 76.4 Å². The van der Waals surface area contributed by atoms with Crippen molar-refractivity contribution in [1.29, 1.82) is 0 Å². The van der Waals surface area contributed by atoms with Crippen LogP contribution in [0.2, 0.25) is 0 Å². The molecule has 7 heteroatoms. The maximum atomic E-state index is 13.8. The third kappa shape index (κ3) is 4.30. The summed E-state index contributed by atoms with van der Waals surface area (Å²) in [6, 6.07) is 14.4. The summed E-state index contributed by atoms with van der Waals surface area (Å²) in [4.78, 5) is 18.8. The van der Waals surface area contributed by atoms with Gasteiger partial charge in [-0.25, -0.2) is 4.98 Å². The first kappa shape index (κ1) is 23.8. The largest absolute Gasteiger partial charge is 0.435 e. The highest BCUT2D eigenvalue weighted by Gasteiger charge is 2.53. The topological polar surface area (TPSA) is 70.1 Å². The Morgan fingerprint density at radius 2 is 1.57 bits per heavy atom. The Labute approximate surface area is 204 Å². The monoisotopic (exact) mass is 481 g/mol. The van der Waals surface area contributed by atoms with E-state index in [9.17, 15) is 13.6 Å². The zero-order chi connectivity index (χ0) is 24.4. The first-order chi connectivity index (χ1) is 17.0. The van der Waals surface area contributed by atoms with Crippen molar-refractivity contribution in [3.63, 3.8) is 0 Å². The van der Waals surface area contributed by atoms with Gasteiger partial charge in [-0.15, -0.1) is 0 Å². The lowest BCUT2D eigenvalue weighted by Crippen LogP contribution is -2.58. The standard InChI is InChI=1S/C28H33F2N3O2/c29-27(30)35-22-15-9-10-19(18-22)25-32-23-16-7-8-17-24(23)33(25)28(26(31)34,20-11-3-1-4-12-20)21-13-5-2-6-14-21/h7-10,15-18,20-21,27H,1-6,11-14H2,(H2,31,34). The second kappa shape index (κ2) is 9.96. The Morgan fingerprint density at radius 3 is 2.17 bits per heavy atom. The molecule has 1 aromatic heterocycles. The molecule has 0 saturated heterocycles. The first-order valence-corrected chi connectivity index (χ1v) is 12.8. The van der Waals surface area contributed by atoms with Crippen LogP contribution in [0.25, 0.3) is 22.4 Å². The number of halogens is 2. The summed E-state index contributed by atoms with van der Waals surface area (Å²) in [6.45, 7) is -2.92. The van der Waals surface area contributed by atoms with E-state index in [4.69, 9.17) is 15.5 Å². The van der Waals surface area contributed by atoms with Crippen LogP contribution in [0.5, 0.6) is 5.75 Å². The molecule has 5 rings (SSSR count). The quantitative estimate of drug-likeness (QED) is 0.411. The molecule has 1 heterocycles. The van der Waals surface area contributed by atoms with Crippen LogP contribution in [-0.2, 0) is 10.3 Å². The van der Waals surface area contributed by atoms with Gasteiger partial charge in [0.1, 0.15) is 17.1 Å². The fraction of sp³-hybridized carbons (Fsp3) is 0.500. The zero-order valence-corrected chi connectivity index (χ0v) is 20.0. The van der Waals surface area contributed by atoms with Gasteiger partial charge in [0.05, 0.1) is 11.0 Å². The van der Waals surface area contributed by atoms with Crippen molar-refractivity contribution < 1.29 is 18.3 Å². The third-order valence-electron chi connectivity index (χ3n) is 8.10. The van der Waals surface area contributed by atoms with Crippen LogP contribution in [0.3, 0.4) is 0 Å². The lowest BCUT2D eigenvalue weighted by Gasteiger charge is -2.48. The van der Waals surface area contributed by atoms with Gasteiger partial charge in [-0.05, 0) is 61.8 Å². The highest BCUT2D eigenvalue weighted by atomic mass is 19.3. The summed E-state index contributed by atoms with van der Waals surface area (Å²) in [7, 11) is 0. The Morgan fingerprint density at radius 1 is 0.943 bits per heavy atom. The van der Waals surface area contributed by atoms with E-state index in [0.717, 1.165) is 62.4 Å². The highest BCUT2D eigenvalue weighted by molar-refractivity contribution is 5.90. The number of rotatable bonds is 7. The number of aromatic nitrogens is 2. The number of hydrogen-bond acceptors (Lipinski definition) is 3. The Bertz CT molecular complexity index is 1160. The van der Waals surface area contributed by atoms with Crippen LogP contribution >= 0.6 is 0 Å². The minimum atomic E-state index is -2.92. The lowest BCUT2D eigenvalue weighted by molar-refractivity contribution is -0.135. The van der Waals surface area contributed by atoms with Gasteiger partial charge in [-0.2, -0.15) is 8.78 Å². The lowest BCUT2D eigenvalue weighted by atomic mass is 9.63. The predicted molar refractivity (Wildman–Crippen MR) is 132 cm³/mol. The van der Waals surface area contributed by atoms with Gasteiger partial charge in [0.25, 0.3) is 0 Å². The van der Waals surface area contributed by atoms with E-state index in [1.54, 1.807) is 12.1 Å². The number of alkyl halides is 2. The Balaban J connectivity index is 1.78. The first-order valence-electron chi connectivity index (χ1n) is 12.8. The molecule has 0 atom stereocenters. The predicted octanol–water partition coefficient (Wildman–Crippen LogP) is 6.65. The van der Waals surface area contributed by atoms with Crippen molar-refractivity contribution in [1.82, 2.24) is 9.55 Å². The van der Waals surface area contributed by atoms with E-state index in [-0.39, 0.29) is 23.5 Å². The number of primary amides is 1. The fourth-order valence-electron chi connectivity index (χ4n) is 6.70. The van der Waals surface area contributed by atoms with Crippen LogP contribution in [0.4, 0.5) is 8.78 Å². The second-order valence-electron chi connectivity index (χ2n) is 10.0. The molecule has 2 aliphatic rings. The van der Waals surface area contributed by atoms with E-state index in [2.05, 4.69) is 4.57 Å². The van der Waals surface area contributed by atoms with E-state index in [1.165, 1.54) is 18.9 Å². The van der Waals surface area contributed by atoms with Crippen molar-refractivity contribution in [2.24, 2.45) is 17.6 Å². The average molecular weight is 482 g/mol. The molecule has 2 aliphatic carbocycles. The third-order valence-corrected chi connectivity index (χ3v) is 8.10. The molecule has 1 amide bonds. The molecule has 5 nitrogen and oxygen atoms in total. The molecular weight excluding hydrogens is 448 g/mol. The minimum Gasteiger partial charge on any atom is -0.435 e. The van der Waals surface area contributed by atoms with Crippen LogP contribution in [-0.4, -0.2) is 22.1 Å². The second-order valence-corrected chi connectivity index (χ2v) is 10.0. The van der Waals surface area contributed by atoms with E-state index >= 15 is 0 Å². The number of imidazole rings is 1. The van der Waals surface area contributed by atoms with Gasteiger partial charge in [0.2, 0.25) is 5.91 Å². The summed E-state index contributed by atoms with van der Waals surface area (Å²) >= 11 is 0. The van der Waals surface area contributed by atoms with Crippen LogP contribution < -0.4 is 10.5 Å². The maximum Gasteiger partial charge on any atom is 0.387 e. The smallest absolute Gasteiger partial charge is 0.387 e. The van der Waals surface area contributed by atoms with Crippen molar-refractivity contribution in [3.05, 3.63) is 48.5 Å². The van der Waals surface area contributed by atoms with Gasteiger partial charge in [0, 0.05) is 5.56 Å². The molecule has 2 fully saturated rings. The number of carbonyl (C=O) groups is 1. The van der Waals surface area contributed by atoms with Crippen LogP contribution in [0, 0.1) is 11.8 Å². The molecule has 0 unspecified atom stereocenters. The van der Waals surface area contributed by atoms with Gasteiger partial charge in [0.15, 0.2) is 0 Å². The molecule has 0 spiro atoms. The highest BCUT2D eigenvalue weighted by Crippen LogP contribution is 2.50. The molecule has 0 bridgehead atoms. The summed E-state index contributed by atoms with van der Waals surface area (Å²) in [5.41, 5.74) is 7.78. The summed E-state index contributed by atoms with van der Waals surface area (Å²) in [5.74, 6) is 0.556. The fourth-order valence-corrected chi connectivity index (χ4v) is 6.70. The molecule has 3 aromatic rings. The number of ether oxygens (including phenoxy) is 1. The van der Waals surface area contributed by atoms with Crippen molar-refractivity contribution in [2.75, 3.05) is 0 Å². The number of nitrogens with two attached hydrogens (primary N) is 1. The Hall–Kier alpha value is -2.96. The van der Waals surface area contributed by atoms with Crippen LogP contribution in [0.1, 0.15) is 64.2 Å². The number of benzene rings is 2. The van der Waals surface area contributed by atoms with E-state index in [1.807, 2.05) is 30.3 Å². The molecule has 0 radical (unpaired) electrons. The SMILES string of the molecule is NC(=O)C(C1CCCCC1)(C1CCCCC1)n1c(-c2cccc(OC(F)F)c2)nc2ccccc21. The molecule has 35 heavy (non-hydrogen) atoms. The number of hydrogen-bond donors (Lipinski definition) is 1. The maximum absolute atomic E-state index is 13.8. The van der Waals surface area contributed by atoms with Crippen LogP contribution in [0.15, 0.2) is 48.5 Å². The summed E-state index contributed by atoms with van der Waals surface area (Å²) in [6.07, 6.45) is 10.4. The van der Waals surface area contributed by atoms with E-state index in [0.29, 0.717) is 11.4 Å². The molecule has 2 saturated carbocycles. The van der Waals surface area contributed by atoms with Crippen molar-refractivity contribution in [3.8, 4) is 17.1 Å². The van der Waals surface area contributed by atoms with Gasteiger partial charge < -0.3 is 15.0 Å². The van der Waals surface area contributed by atoms with Crippen molar-refractivity contribution >= 4 is 16.9 Å². The van der Waals surface area contributed by atoms with Gasteiger partial charge >= 0.3 is 6.61 Å².